The zero-order valence-corrected chi connectivity index (χ0v) is 12.5. The number of nitriles is 1. The molecule has 1 aromatic carbocycles. The fourth-order valence-electron chi connectivity index (χ4n) is 2.08. The molecule has 0 aliphatic rings. The first-order chi connectivity index (χ1) is 9.36. The van der Waals surface area contributed by atoms with Gasteiger partial charge in [0.15, 0.2) is 5.82 Å². The van der Waals surface area contributed by atoms with Crippen molar-refractivity contribution >= 4 is 13.4 Å². The molecular weight excluding hydrogens is 274 g/mol. The minimum Gasteiger partial charge on any atom is -0.265 e. The van der Waals surface area contributed by atoms with E-state index in [9.17, 15) is 8.78 Å². The largest absolute Gasteiger partial charge is 0.265 e. The zero-order chi connectivity index (χ0) is 14.9. The molecule has 2 rings (SSSR count). The molecule has 0 fully saturated rings. The van der Waals surface area contributed by atoms with Gasteiger partial charge in [0.05, 0.1) is 0 Å². The summed E-state index contributed by atoms with van der Waals surface area (Å²) in [4.78, 5) is 4.36. The predicted molar refractivity (Wildman–Crippen MR) is 77.3 cm³/mol. The van der Waals surface area contributed by atoms with E-state index >= 15 is 0 Å². The highest BCUT2D eigenvalue weighted by Crippen LogP contribution is 2.26. The molecule has 1 heterocycles. The van der Waals surface area contributed by atoms with Crippen molar-refractivity contribution in [3.63, 3.8) is 0 Å². The maximum Gasteiger partial charge on any atom is 0.151 e. The van der Waals surface area contributed by atoms with Crippen LogP contribution in [0.5, 0.6) is 0 Å². The summed E-state index contributed by atoms with van der Waals surface area (Å²) in [5.74, 6) is -1.66. The minimum absolute atomic E-state index is 0.230. The third kappa shape index (κ3) is 2.47. The first-order valence-corrected chi connectivity index (χ1v) is 9.70. The molecule has 5 heteroatoms. The van der Waals surface area contributed by atoms with E-state index in [1.54, 1.807) is 24.4 Å². The summed E-state index contributed by atoms with van der Waals surface area (Å²) in [6, 6.07) is 7.54. The molecule has 2 nitrogen and oxygen atoms in total. The molecule has 0 saturated carbocycles. The van der Waals surface area contributed by atoms with Crippen molar-refractivity contribution in [1.82, 2.24) is 4.98 Å². The Morgan fingerprint density at radius 2 is 1.80 bits per heavy atom. The van der Waals surface area contributed by atoms with Crippen molar-refractivity contribution in [3.8, 4) is 17.2 Å². The SMILES string of the molecule is C[Si](C)(C)c1ncccc1-c1ccc(F)c(C#N)c1F. The molecule has 0 unspecified atom stereocenters. The van der Waals surface area contributed by atoms with E-state index in [0.29, 0.717) is 5.56 Å². The van der Waals surface area contributed by atoms with E-state index in [1.807, 2.05) is 0 Å². The Balaban J connectivity index is 2.75. The van der Waals surface area contributed by atoms with Crippen molar-refractivity contribution in [1.29, 1.82) is 5.26 Å². The molecule has 0 radical (unpaired) electrons. The summed E-state index contributed by atoms with van der Waals surface area (Å²) in [7, 11) is -1.78. The molecule has 0 aliphatic heterocycles. The van der Waals surface area contributed by atoms with Gasteiger partial charge in [-0.1, -0.05) is 25.7 Å². The second-order valence-electron chi connectivity index (χ2n) is 5.55. The van der Waals surface area contributed by atoms with Gasteiger partial charge in [-0.2, -0.15) is 5.26 Å². The van der Waals surface area contributed by atoms with Gasteiger partial charge < -0.3 is 0 Å². The van der Waals surface area contributed by atoms with E-state index in [2.05, 4.69) is 24.6 Å². The smallest absolute Gasteiger partial charge is 0.151 e. The van der Waals surface area contributed by atoms with Crippen LogP contribution in [-0.2, 0) is 0 Å². The second-order valence-corrected chi connectivity index (χ2v) is 10.5. The van der Waals surface area contributed by atoms with Crippen molar-refractivity contribution < 1.29 is 8.78 Å². The van der Waals surface area contributed by atoms with E-state index in [0.717, 1.165) is 11.4 Å². The van der Waals surface area contributed by atoms with Crippen molar-refractivity contribution in [2.75, 3.05) is 0 Å². The average Bonchev–Trinajstić information content (AvgIpc) is 2.38. The van der Waals surface area contributed by atoms with Crippen LogP contribution in [0.15, 0.2) is 30.5 Å². The van der Waals surface area contributed by atoms with Crippen LogP contribution in [-0.4, -0.2) is 13.1 Å². The van der Waals surface area contributed by atoms with E-state index < -0.39 is 25.3 Å². The van der Waals surface area contributed by atoms with E-state index in [-0.39, 0.29) is 5.56 Å². The molecule has 0 saturated heterocycles. The molecule has 0 atom stereocenters. The summed E-state index contributed by atoms with van der Waals surface area (Å²) in [5.41, 5.74) is 0.321. The predicted octanol–water partition coefficient (Wildman–Crippen LogP) is 3.44. The maximum absolute atomic E-state index is 14.3. The van der Waals surface area contributed by atoms with Crippen molar-refractivity contribution in [2.24, 2.45) is 0 Å². The van der Waals surface area contributed by atoms with Crippen LogP contribution in [0.3, 0.4) is 0 Å². The number of hydrogen-bond acceptors (Lipinski definition) is 2. The highest BCUT2D eigenvalue weighted by atomic mass is 28.3. The fraction of sp³-hybridized carbons (Fsp3) is 0.200. The Morgan fingerprint density at radius 1 is 1.10 bits per heavy atom. The van der Waals surface area contributed by atoms with Crippen LogP contribution in [0.1, 0.15) is 5.56 Å². The van der Waals surface area contributed by atoms with Gasteiger partial charge in [-0.25, -0.2) is 8.78 Å². The number of pyridine rings is 1. The second kappa shape index (κ2) is 5.14. The van der Waals surface area contributed by atoms with Crippen molar-refractivity contribution in [2.45, 2.75) is 19.6 Å². The Hall–Kier alpha value is -2.06. The number of benzene rings is 1. The molecule has 1 aromatic heterocycles. The topological polar surface area (TPSA) is 36.7 Å². The number of nitrogens with zero attached hydrogens (tertiary/aromatic N) is 2. The van der Waals surface area contributed by atoms with Gasteiger partial charge in [-0.3, -0.25) is 4.98 Å². The number of rotatable bonds is 2. The Bertz CT molecular complexity index is 700. The third-order valence-corrected chi connectivity index (χ3v) is 4.83. The van der Waals surface area contributed by atoms with Crippen LogP contribution in [0.2, 0.25) is 19.6 Å². The van der Waals surface area contributed by atoms with Gasteiger partial charge in [0, 0.05) is 22.6 Å². The lowest BCUT2D eigenvalue weighted by atomic mass is 10.0. The first-order valence-electron chi connectivity index (χ1n) is 6.20. The average molecular weight is 288 g/mol. The highest BCUT2D eigenvalue weighted by molar-refractivity contribution is 6.89. The lowest BCUT2D eigenvalue weighted by molar-refractivity contribution is 0.579. The van der Waals surface area contributed by atoms with Gasteiger partial charge in [-0.15, -0.1) is 0 Å². The normalized spacial score (nSPS) is 11.2. The van der Waals surface area contributed by atoms with E-state index in [1.165, 1.54) is 6.07 Å². The van der Waals surface area contributed by atoms with Crippen molar-refractivity contribution in [3.05, 3.63) is 47.7 Å². The Kier molecular flexibility index (Phi) is 3.69. The molecule has 102 valence electrons. The minimum atomic E-state index is -1.78. The van der Waals surface area contributed by atoms with Crippen LogP contribution in [0.25, 0.3) is 11.1 Å². The Labute approximate surface area is 117 Å². The monoisotopic (exact) mass is 288 g/mol. The molecule has 0 amide bonds. The summed E-state index contributed by atoms with van der Waals surface area (Å²) >= 11 is 0. The highest BCUT2D eigenvalue weighted by Gasteiger charge is 2.25. The van der Waals surface area contributed by atoms with Crippen LogP contribution >= 0.6 is 0 Å². The molecule has 2 aromatic rings. The van der Waals surface area contributed by atoms with E-state index in [4.69, 9.17) is 5.26 Å². The lowest BCUT2D eigenvalue weighted by Gasteiger charge is -2.20. The summed E-state index contributed by atoms with van der Waals surface area (Å²) < 4.78 is 27.7. The number of hydrogen-bond donors (Lipinski definition) is 0. The quantitative estimate of drug-likeness (QED) is 0.794. The third-order valence-electron chi connectivity index (χ3n) is 3.01. The number of halogens is 2. The maximum atomic E-state index is 14.3. The standard InChI is InChI=1S/C15H14F2N2Si/c1-20(2,3)15-11(5-4-8-19-15)10-6-7-13(16)12(9-18)14(10)17/h4-8H,1-3H3. The van der Waals surface area contributed by atoms with Crippen LogP contribution < -0.4 is 5.32 Å². The van der Waals surface area contributed by atoms with Crippen LogP contribution in [0, 0.1) is 23.0 Å². The molecule has 0 bridgehead atoms. The Morgan fingerprint density at radius 3 is 2.40 bits per heavy atom. The molecule has 20 heavy (non-hydrogen) atoms. The molecule has 0 spiro atoms. The summed E-state index contributed by atoms with van der Waals surface area (Å²) in [5, 5.41) is 9.70. The zero-order valence-electron chi connectivity index (χ0n) is 11.5. The molecular formula is C15H14F2N2Si. The first kappa shape index (κ1) is 14.3. The van der Waals surface area contributed by atoms with Gasteiger partial charge >= 0.3 is 0 Å². The fourth-order valence-corrected chi connectivity index (χ4v) is 3.57. The van der Waals surface area contributed by atoms with Gasteiger partial charge in [0.25, 0.3) is 0 Å². The molecule has 0 aliphatic carbocycles. The molecule has 0 N–H and O–H groups in total. The summed E-state index contributed by atoms with van der Waals surface area (Å²) in [6.45, 7) is 6.31. The van der Waals surface area contributed by atoms with Crippen LogP contribution in [0.4, 0.5) is 8.78 Å². The number of aromatic nitrogens is 1. The van der Waals surface area contributed by atoms with Gasteiger partial charge in [0.2, 0.25) is 0 Å². The summed E-state index contributed by atoms with van der Waals surface area (Å²) in [6.07, 6.45) is 1.67. The van der Waals surface area contributed by atoms with Gasteiger partial charge in [-0.05, 0) is 18.2 Å². The lowest BCUT2D eigenvalue weighted by Crippen LogP contribution is -2.41. The van der Waals surface area contributed by atoms with Gasteiger partial charge in [0.1, 0.15) is 25.5 Å².